The average molecular weight is 340 g/mol. The van der Waals surface area contributed by atoms with E-state index in [1.165, 1.54) is 25.7 Å². The van der Waals surface area contributed by atoms with E-state index in [4.69, 9.17) is 5.10 Å². The fourth-order valence-corrected chi connectivity index (χ4v) is 4.15. The maximum Gasteiger partial charge on any atom is 0.225 e. The van der Waals surface area contributed by atoms with E-state index in [0.717, 1.165) is 56.3 Å². The molecule has 7 heteroatoms. The molecule has 1 aliphatic heterocycles. The van der Waals surface area contributed by atoms with Gasteiger partial charge in [0, 0.05) is 38.0 Å². The molecule has 2 aromatic heterocycles. The molecule has 0 radical (unpaired) electrons. The predicted molar refractivity (Wildman–Crippen MR) is 93.5 cm³/mol. The Morgan fingerprint density at radius 3 is 2.44 bits per heavy atom. The maximum atomic E-state index is 12.6. The van der Waals surface area contributed by atoms with E-state index in [2.05, 4.69) is 20.0 Å². The van der Waals surface area contributed by atoms with E-state index in [9.17, 15) is 4.79 Å². The minimum absolute atomic E-state index is 0.277. The van der Waals surface area contributed by atoms with Crippen LogP contribution in [0.25, 0.3) is 5.65 Å². The molecule has 0 bridgehead atoms. The van der Waals surface area contributed by atoms with Gasteiger partial charge in [0.25, 0.3) is 0 Å². The van der Waals surface area contributed by atoms with Crippen molar-refractivity contribution < 1.29 is 4.79 Å². The van der Waals surface area contributed by atoms with Gasteiger partial charge >= 0.3 is 0 Å². The van der Waals surface area contributed by atoms with Crippen LogP contribution < -0.4 is 4.90 Å². The van der Waals surface area contributed by atoms with E-state index in [0.29, 0.717) is 11.8 Å². The number of nitrogens with zero attached hydrogens (tertiary/aromatic N) is 6. The van der Waals surface area contributed by atoms with Crippen molar-refractivity contribution in [3.63, 3.8) is 0 Å². The van der Waals surface area contributed by atoms with Crippen LogP contribution in [0, 0.1) is 5.92 Å². The fourth-order valence-electron chi connectivity index (χ4n) is 4.15. The highest BCUT2D eigenvalue weighted by molar-refractivity contribution is 5.79. The first-order valence-electron chi connectivity index (χ1n) is 9.56. The van der Waals surface area contributed by atoms with Gasteiger partial charge in [-0.2, -0.15) is 4.52 Å². The lowest BCUT2D eigenvalue weighted by Gasteiger charge is -2.36. The molecule has 0 aromatic carbocycles. The number of rotatable bonds is 3. The highest BCUT2D eigenvalue weighted by atomic mass is 16.2. The predicted octanol–water partition coefficient (Wildman–Crippen LogP) is 1.84. The van der Waals surface area contributed by atoms with Crippen LogP contribution in [0.15, 0.2) is 12.1 Å². The normalized spacial score (nSPS) is 22.1. The SMILES string of the molecule is O=C(C1CCCC1)N1CCN(c2ccc3nnc(C4CC4)n3n2)CC1. The zero-order chi connectivity index (χ0) is 16.8. The Hall–Kier alpha value is -2.18. The van der Waals surface area contributed by atoms with Crippen LogP contribution in [-0.4, -0.2) is 56.8 Å². The van der Waals surface area contributed by atoms with Crippen molar-refractivity contribution in [2.75, 3.05) is 31.1 Å². The van der Waals surface area contributed by atoms with Crippen molar-refractivity contribution in [3.05, 3.63) is 18.0 Å². The van der Waals surface area contributed by atoms with Crippen molar-refractivity contribution in [2.24, 2.45) is 5.92 Å². The van der Waals surface area contributed by atoms with Crippen LogP contribution in [-0.2, 0) is 4.79 Å². The Morgan fingerprint density at radius 1 is 0.960 bits per heavy atom. The third-order valence-corrected chi connectivity index (χ3v) is 5.84. The van der Waals surface area contributed by atoms with Gasteiger partial charge in [0.2, 0.25) is 5.91 Å². The van der Waals surface area contributed by atoms with Gasteiger partial charge in [-0.3, -0.25) is 4.79 Å². The molecule has 0 unspecified atom stereocenters. The largest absolute Gasteiger partial charge is 0.352 e. The van der Waals surface area contributed by atoms with Gasteiger partial charge in [0.15, 0.2) is 11.5 Å². The quantitative estimate of drug-likeness (QED) is 0.853. The number of aromatic nitrogens is 4. The second kappa shape index (κ2) is 5.97. The van der Waals surface area contributed by atoms with E-state index < -0.39 is 0 Å². The lowest BCUT2D eigenvalue weighted by Crippen LogP contribution is -2.50. The van der Waals surface area contributed by atoms with Crippen LogP contribution in [0.1, 0.15) is 50.3 Å². The van der Waals surface area contributed by atoms with Gasteiger partial charge in [-0.15, -0.1) is 15.3 Å². The number of carbonyl (C=O) groups excluding carboxylic acids is 1. The molecule has 2 saturated carbocycles. The summed E-state index contributed by atoms with van der Waals surface area (Å²) in [4.78, 5) is 16.9. The number of hydrogen-bond acceptors (Lipinski definition) is 5. The molecule has 7 nitrogen and oxygen atoms in total. The first-order valence-corrected chi connectivity index (χ1v) is 9.56. The molecule has 2 aliphatic carbocycles. The van der Waals surface area contributed by atoms with Gasteiger partial charge in [0.05, 0.1) is 0 Å². The van der Waals surface area contributed by atoms with Crippen LogP contribution in [0.3, 0.4) is 0 Å². The number of piperazine rings is 1. The summed E-state index contributed by atoms with van der Waals surface area (Å²) in [6, 6.07) is 4.02. The molecule has 132 valence electrons. The van der Waals surface area contributed by atoms with E-state index in [1.807, 2.05) is 16.6 Å². The minimum Gasteiger partial charge on any atom is -0.352 e. The fraction of sp³-hybridized carbons (Fsp3) is 0.667. The molecule has 1 amide bonds. The molecule has 2 aromatic rings. The van der Waals surface area contributed by atoms with E-state index in [-0.39, 0.29) is 5.92 Å². The summed E-state index contributed by atoms with van der Waals surface area (Å²) in [6.45, 7) is 3.29. The van der Waals surface area contributed by atoms with Gasteiger partial charge in [-0.05, 0) is 37.8 Å². The zero-order valence-corrected chi connectivity index (χ0v) is 14.5. The first kappa shape index (κ1) is 15.1. The molecule has 3 aliphatic rings. The molecule has 1 saturated heterocycles. The standard InChI is InChI=1S/C18H24N6O/c25-18(14-3-1-2-4-14)23-11-9-22(10-12-23)16-8-7-15-19-20-17(13-5-6-13)24(15)21-16/h7-8,13-14H,1-6,9-12H2. The van der Waals surface area contributed by atoms with Gasteiger partial charge < -0.3 is 9.80 Å². The molecular weight excluding hydrogens is 316 g/mol. The highest BCUT2D eigenvalue weighted by Gasteiger charge is 2.31. The first-order chi connectivity index (χ1) is 12.3. The van der Waals surface area contributed by atoms with Crippen LogP contribution in [0.5, 0.6) is 0 Å². The Bertz CT molecular complexity index is 784. The van der Waals surface area contributed by atoms with Crippen LogP contribution in [0.2, 0.25) is 0 Å². The molecule has 3 heterocycles. The molecule has 25 heavy (non-hydrogen) atoms. The summed E-state index contributed by atoms with van der Waals surface area (Å²) < 4.78 is 1.91. The summed E-state index contributed by atoms with van der Waals surface area (Å²) >= 11 is 0. The van der Waals surface area contributed by atoms with Crippen LogP contribution in [0.4, 0.5) is 5.82 Å². The number of amides is 1. The minimum atomic E-state index is 0.277. The molecule has 0 spiro atoms. The highest BCUT2D eigenvalue weighted by Crippen LogP contribution is 2.38. The second-order valence-corrected chi connectivity index (χ2v) is 7.59. The maximum absolute atomic E-state index is 12.6. The van der Waals surface area contributed by atoms with Gasteiger partial charge in [0.1, 0.15) is 5.82 Å². The van der Waals surface area contributed by atoms with Gasteiger partial charge in [-0.25, -0.2) is 0 Å². The topological polar surface area (TPSA) is 66.6 Å². The monoisotopic (exact) mass is 340 g/mol. The smallest absolute Gasteiger partial charge is 0.225 e. The molecule has 5 rings (SSSR count). The van der Waals surface area contributed by atoms with Crippen molar-refractivity contribution in [2.45, 2.75) is 44.4 Å². The van der Waals surface area contributed by atoms with E-state index in [1.54, 1.807) is 0 Å². The summed E-state index contributed by atoms with van der Waals surface area (Å²) in [5.41, 5.74) is 0.820. The molecule has 0 N–H and O–H groups in total. The Balaban J connectivity index is 1.29. The summed E-state index contributed by atoms with van der Waals surface area (Å²) in [7, 11) is 0. The van der Waals surface area contributed by atoms with Crippen LogP contribution >= 0.6 is 0 Å². The van der Waals surface area contributed by atoms with Crippen molar-refractivity contribution in [1.29, 1.82) is 0 Å². The number of fused-ring (bicyclic) bond motifs is 1. The number of hydrogen-bond donors (Lipinski definition) is 0. The lowest BCUT2D eigenvalue weighted by atomic mass is 10.1. The Labute approximate surface area is 147 Å². The number of anilines is 1. The third kappa shape index (κ3) is 2.75. The van der Waals surface area contributed by atoms with Crippen molar-refractivity contribution in [1.82, 2.24) is 24.7 Å². The number of carbonyl (C=O) groups is 1. The van der Waals surface area contributed by atoms with E-state index >= 15 is 0 Å². The van der Waals surface area contributed by atoms with Crippen molar-refractivity contribution >= 4 is 17.4 Å². The lowest BCUT2D eigenvalue weighted by molar-refractivity contribution is -0.135. The zero-order valence-electron chi connectivity index (χ0n) is 14.5. The average Bonchev–Trinajstić information content (AvgIpc) is 3.19. The summed E-state index contributed by atoms with van der Waals surface area (Å²) in [5.74, 6) is 3.13. The van der Waals surface area contributed by atoms with Gasteiger partial charge in [-0.1, -0.05) is 12.8 Å². The second-order valence-electron chi connectivity index (χ2n) is 7.59. The Kier molecular flexibility index (Phi) is 3.60. The van der Waals surface area contributed by atoms with Crippen molar-refractivity contribution in [3.8, 4) is 0 Å². The molecular formula is C18H24N6O. The summed E-state index contributed by atoms with van der Waals surface area (Å²) in [6.07, 6.45) is 6.96. The molecule has 3 fully saturated rings. The third-order valence-electron chi connectivity index (χ3n) is 5.84. The summed E-state index contributed by atoms with van der Waals surface area (Å²) in [5, 5.41) is 13.3. The molecule has 0 atom stereocenters. The Morgan fingerprint density at radius 2 is 1.72 bits per heavy atom.